The van der Waals surface area contributed by atoms with Gasteiger partial charge in [0.1, 0.15) is 0 Å². The molecule has 0 heteroatoms. The standard InChI is InChI=1S/C13H26/c1-12-10-8-6-4-3-5-7-9-11-13(12)2/h12-13H,3-11H2,1-2H3. The highest BCUT2D eigenvalue weighted by Crippen LogP contribution is 2.25. The summed E-state index contributed by atoms with van der Waals surface area (Å²) in [5.41, 5.74) is 0. The summed E-state index contributed by atoms with van der Waals surface area (Å²) in [6.45, 7) is 4.89. The molecule has 0 aromatic carbocycles. The maximum Gasteiger partial charge on any atom is -0.0417 e. The molecule has 0 saturated heterocycles. The SMILES string of the molecule is CC1CCCCCCCCCC1C. The summed E-state index contributed by atoms with van der Waals surface area (Å²) in [7, 11) is 0. The third-order valence-electron chi connectivity index (χ3n) is 3.79. The first-order chi connectivity index (χ1) is 6.30. The molecule has 0 N–H and O–H groups in total. The Bertz CT molecular complexity index is 103. The van der Waals surface area contributed by atoms with Gasteiger partial charge in [0.25, 0.3) is 0 Å². The second-order valence-electron chi connectivity index (χ2n) is 5.01. The van der Waals surface area contributed by atoms with E-state index < -0.39 is 0 Å². The fourth-order valence-electron chi connectivity index (χ4n) is 2.39. The Hall–Kier alpha value is 0. The first kappa shape index (κ1) is 11.1. The molecule has 0 aliphatic heterocycles. The Morgan fingerprint density at radius 3 is 1.23 bits per heavy atom. The summed E-state index contributed by atoms with van der Waals surface area (Å²) in [6, 6.07) is 0. The number of rotatable bonds is 0. The molecular formula is C13H26. The van der Waals surface area contributed by atoms with E-state index >= 15 is 0 Å². The highest BCUT2D eigenvalue weighted by molar-refractivity contribution is 4.64. The van der Waals surface area contributed by atoms with Crippen LogP contribution in [0.15, 0.2) is 0 Å². The van der Waals surface area contributed by atoms with Crippen LogP contribution in [-0.4, -0.2) is 0 Å². The molecule has 1 saturated carbocycles. The van der Waals surface area contributed by atoms with Crippen molar-refractivity contribution in [2.75, 3.05) is 0 Å². The lowest BCUT2D eigenvalue weighted by molar-refractivity contribution is 0.328. The van der Waals surface area contributed by atoms with E-state index in [0.29, 0.717) is 0 Å². The lowest BCUT2D eigenvalue weighted by atomic mass is 9.87. The monoisotopic (exact) mass is 182 g/mol. The molecule has 0 aromatic rings. The van der Waals surface area contributed by atoms with Crippen molar-refractivity contribution >= 4 is 0 Å². The highest BCUT2D eigenvalue weighted by Gasteiger charge is 2.11. The van der Waals surface area contributed by atoms with Gasteiger partial charge < -0.3 is 0 Å². The molecule has 13 heavy (non-hydrogen) atoms. The Morgan fingerprint density at radius 1 is 0.538 bits per heavy atom. The molecule has 2 atom stereocenters. The minimum Gasteiger partial charge on any atom is -0.0623 e. The third kappa shape index (κ3) is 4.69. The van der Waals surface area contributed by atoms with Crippen molar-refractivity contribution in [2.45, 2.75) is 71.6 Å². The fourth-order valence-corrected chi connectivity index (χ4v) is 2.39. The van der Waals surface area contributed by atoms with Gasteiger partial charge in [-0.1, -0.05) is 71.6 Å². The van der Waals surface area contributed by atoms with Crippen molar-refractivity contribution in [3.05, 3.63) is 0 Å². The van der Waals surface area contributed by atoms with Crippen molar-refractivity contribution in [1.82, 2.24) is 0 Å². The minimum atomic E-state index is 0.970. The van der Waals surface area contributed by atoms with Crippen LogP contribution in [0.4, 0.5) is 0 Å². The van der Waals surface area contributed by atoms with E-state index in [-0.39, 0.29) is 0 Å². The van der Waals surface area contributed by atoms with E-state index in [1.807, 2.05) is 0 Å². The van der Waals surface area contributed by atoms with Gasteiger partial charge in [0.2, 0.25) is 0 Å². The van der Waals surface area contributed by atoms with Gasteiger partial charge in [0.15, 0.2) is 0 Å². The average molecular weight is 182 g/mol. The number of hydrogen-bond acceptors (Lipinski definition) is 0. The van der Waals surface area contributed by atoms with E-state index in [1.165, 1.54) is 57.8 Å². The fraction of sp³-hybridized carbons (Fsp3) is 1.00. The van der Waals surface area contributed by atoms with E-state index in [1.54, 1.807) is 0 Å². The van der Waals surface area contributed by atoms with E-state index in [4.69, 9.17) is 0 Å². The summed E-state index contributed by atoms with van der Waals surface area (Å²) < 4.78 is 0. The summed E-state index contributed by atoms with van der Waals surface area (Å²) in [5.74, 6) is 1.94. The predicted molar refractivity (Wildman–Crippen MR) is 59.9 cm³/mol. The Kier molecular flexibility index (Phi) is 5.50. The van der Waals surface area contributed by atoms with Crippen LogP contribution >= 0.6 is 0 Å². The second kappa shape index (κ2) is 6.45. The van der Waals surface area contributed by atoms with Crippen LogP contribution < -0.4 is 0 Å². The van der Waals surface area contributed by atoms with Gasteiger partial charge >= 0.3 is 0 Å². The Labute approximate surface area is 84.1 Å². The van der Waals surface area contributed by atoms with Gasteiger partial charge in [0.05, 0.1) is 0 Å². The lowest BCUT2D eigenvalue weighted by Crippen LogP contribution is -2.07. The third-order valence-corrected chi connectivity index (χ3v) is 3.79. The van der Waals surface area contributed by atoms with Gasteiger partial charge in [-0.25, -0.2) is 0 Å². The van der Waals surface area contributed by atoms with Crippen molar-refractivity contribution in [2.24, 2.45) is 11.8 Å². The zero-order valence-electron chi connectivity index (χ0n) is 9.52. The van der Waals surface area contributed by atoms with E-state index in [0.717, 1.165) is 11.8 Å². The first-order valence-electron chi connectivity index (χ1n) is 6.30. The van der Waals surface area contributed by atoms with Gasteiger partial charge in [-0.15, -0.1) is 0 Å². The molecule has 1 aliphatic rings. The van der Waals surface area contributed by atoms with Crippen LogP contribution in [0.1, 0.15) is 71.6 Å². The smallest absolute Gasteiger partial charge is 0.0417 e. The quantitative estimate of drug-likeness (QED) is 0.505. The van der Waals surface area contributed by atoms with Crippen LogP contribution in [0.5, 0.6) is 0 Å². The summed E-state index contributed by atoms with van der Waals surface area (Å²) in [5, 5.41) is 0. The van der Waals surface area contributed by atoms with Crippen molar-refractivity contribution in [3.8, 4) is 0 Å². The minimum absolute atomic E-state index is 0.970. The zero-order chi connectivity index (χ0) is 9.52. The molecule has 1 rings (SSSR count). The number of hydrogen-bond donors (Lipinski definition) is 0. The van der Waals surface area contributed by atoms with Crippen LogP contribution in [-0.2, 0) is 0 Å². The molecule has 0 heterocycles. The van der Waals surface area contributed by atoms with Gasteiger partial charge in [0, 0.05) is 0 Å². The van der Waals surface area contributed by atoms with Gasteiger partial charge in [-0.05, 0) is 11.8 Å². The van der Waals surface area contributed by atoms with Gasteiger partial charge in [-0.2, -0.15) is 0 Å². The largest absolute Gasteiger partial charge is 0.0623 e. The molecule has 2 unspecified atom stereocenters. The second-order valence-corrected chi connectivity index (χ2v) is 5.01. The van der Waals surface area contributed by atoms with Crippen LogP contribution in [0.25, 0.3) is 0 Å². The Morgan fingerprint density at radius 2 is 0.846 bits per heavy atom. The molecule has 0 spiro atoms. The predicted octanol–water partition coefficient (Wildman–Crippen LogP) is 4.78. The van der Waals surface area contributed by atoms with Crippen molar-refractivity contribution in [1.29, 1.82) is 0 Å². The normalized spacial score (nSPS) is 33.7. The maximum atomic E-state index is 2.45. The molecule has 0 bridgehead atoms. The molecule has 1 aliphatic carbocycles. The maximum absolute atomic E-state index is 2.45. The Balaban J connectivity index is 2.26. The molecule has 1 fully saturated rings. The lowest BCUT2D eigenvalue weighted by Gasteiger charge is -2.19. The first-order valence-corrected chi connectivity index (χ1v) is 6.30. The van der Waals surface area contributed by atoms with Crippen LogP contribution in [0.2, 0.25) is 0 Å². The average Bonchev–Trinajstić information content (AvgIpc) is 2.16. The summed E-state index contributed by atoms with van der Waals surface area (Å²) in [6.07, 6.45) is 13.3. The van der Waals surface area contributed by atoms with Crippen molar-refractivity contribution < 1.29 is 0 Å². The van der Waals surface area contributed by atoms with E-state index in [9.17, 15) is 0 Å². The highest BCUT2D eigenvalue weighted by atomic mass is 14.2. The molecule has 0 aromatic heterocycles. The van der Waals surface area contributed by atoms with E-state index in [2.05, 4.69) is 13.8 Å². The summed E-state index contributed by atoms with van der Waals surface area (Å²) in [4.78, 5) is 0. The van der Waals surface area contributed by atoms with Crippen LogP contribution in [0, 0.1) is 11.8 Å². The molecule has 0 amide bonds. The molecule has 0 nitrogen and oxygen atoms in total. The topological polar surface area (TPSA) is 0 Å². The zero-order valence-corrected chi connectivity index (χ0v) is 9.52. The van der Waals surface area contributed by atoms with Gasteiger partial charge in [-0.3, -0.25) is 0 Å². The summed E-state index contributed by atoms with van der Waals surface area (Å²) >= 11 is 0. The molecule has 78 valence electrons. The van der Waals surface area contributed by atoms with Crippen molar-refractivity contribution in [3.63, 3.8) is 0 Å². The molecule has 0 radical (unpaired) electrons. The molecular weight excluding hydrogens is 156 g/mol. The van der Waals surface area contributed by atoms with Crippen LogP contribution in [0.3, 0.4) is 0 Å².